The number of Topliss-reactive ketones (excluding diaryl/α,β-unsaturated/α-hetero) is 1. The quantitative estimate of drug-likeness (QED) is 0.216. The molecule has 10 heteroatoms. The molecule has 3 aromatic carbocycles. The number of carbonyl (C=O) groups is 2. The molecule has 204 valence electrons. The SMILES string of the molecule is CCOc1cc(C2/C(=C(\O)c3cc(Cl)c(OC)cc3OC)C(=O)C(=O)N2c2cc(C)ccc2O)ccc1OC. The monoisotopic (exact) mass is 553 g/mol. The van der Waals surface area contributed by atoms with Gasteiger partial charge in [0.15, 0.2) is 11.5 Å². The minimum absolute atomic E-state index is 0.0818. The second-order valence-corrected chi connectivity index (χ2v) is 9.10. The first-order valence-corrected chi connectivity index (χ1v) is 12.4. The van der Waals surface area contributed by atoms with Crippen LogP contribution in [0.25, 0.3) is 5.76 Å². The van der Waals surface area contributed by atoms with Gasteiger partial charge in [0.2, 0.25) is 0 Å². The van der Waals surface area contributed by atoms with E-state index in [1.54, 1.807) is 37.3 Å². The van der Waals surface area contributed by atoms with Crippen molar-refractivity contribution >= 4 is 34.7 Å². The van der Waals surface area contributed by atoms with E-state index in [0.29, 0.717) is 29.4 Å². The second-order valence-electron chi connectivity index (χ2n) is 8.69. The highest BCUT2D eigenvalue weighted by atomic mass is 35.5. The van der Waals surface area contributed by atoms with Crippen LogP contribution >= 0.6 is 11.6 Å². The van der Waals surface area contributed by atoms with Crippen LogP contribution in [0.1, 0.15) is 29.7 Å². The fraction of sp³-hybridized carbons (Fsp3) is 0.241. The summed E-state index contributed by atoms with van der Waals surface area (Å²) in [6.07, 6.45) is 0. The fourth-order valence-corrected chi connectivity index (χ4v) is 4.79. The number of ether oxygens (including phenoxy) is 4. The van der Waals surface area contributed by atoms with Crippen molar-refractivity contribution in [3.8, 4) is 28.7 Å². The number of benzene rings is 3. The van der Waals surface area contributed by atoms with E-state index in [9.17, 15) is 19.8 Å². The van der Waals surface area contributed by atoms with Gasteiger partial charge < -0.3 is 29.2 Å². The maximum Gasteiger partial charge on any atom is 0.300 e. The van der Waals surface area contributed by atoms with E-state index >= 15 is 0 Å². The second kappa shape index (κ2) is 11.2. The number of aliphatic hydroxyl groups is 1. The molecule has 4 rings (SSSR count). The number of halogens is 1. The van der Waals surface area contributed by atoms with Crippen molar-refractivity contribution < 1.29 is 38.7 Å². The lowest BCUT2D eigenvalue weighted by molar-refractivity contribution is -0.132. The Morgan fingerprint density at radius 2 is 1.62 bits per heavy atom. The highest BCUT2D eigenvalue weighted by Crippen LogP contribution is 2.47. The Hall–Kier alpha value is -4.37. The van der Waals surface area contributed by atoms with Crippen LogP contribution < -0.4 is 23.8 Å². The number of ketones is 1. The molecule has 3 aromatic rings. The topological polar surface area (TPSA) is 115 Å². The van der Waals surface area contributed by atoms with Crippen LogP contribution in [0.15, 0.2) is 54.1 Å². The fourth-order valence-electron chi connectivity index (χ4n) is 4.54. The van der Waals surface area contributed by atoms with Crippen LogP contribution in [0, 0.1) is 6.92 Å². The molecule has 1 fully saturated rings. The standard InChI is InChI=1S/C29H28ClNO8/c1-6-39-24-12-16(8-10-21(24)36-3)26-25(27(33)17-13-18(30)23(38-5)14-22(17)37-4)28(34)29(35)31(26)19-11-15(2)7-9-20(19)32/h7-14,26,32-33H,6H2,1-5H3/b27-25+. The molecule has 9 nitrogen and oxygen atoms in total. The molecule has 0 radical (unpaired) electrons. The van der Waals surface area contributed by atoms with Crippen LogP contribution in [0.4, 0.5) is 5.69 Å². The number of phenolic OH excluding ortho intramolecular Hbond substituents is 1. The molecule has 1 amide bonds. The number of phenols is 1. The number of rotatable bonds is 8. The van der Waals surface area contributed by atoms with Crippen LogP contribution in [0.2, 0.25) is 5.02 Å². The molecule has 2 N–H and O–H groups in total. The number of carbonyl (C=O) groups excluding carboxylic acids is 2. The van der Waals surface area contributed by atoms with Gasteiger partial charge in [0.1, 0.15) is 23.0 Å². The lowest BCUT2D eigenvalue weighted by Crippen LogP contribution is -2.29. The minimum Gasteiger partial charge on any atom is -0.507 e. The van der Waals surface area contributed by atoms with Gasteiger partial charge in [-0.15, -0.1) is 0 Å². The molecular formula is C29H28ClNO8. The van der Waals surface area contributed by atoms with E-state index < -0.39 is 23.5 Å². The number of hydrogen-bond donors (Lipinski definition) is 2. The molecule has 0 saturated carbocycles. The van der Waals surface area contributed by atoms with E-state index in [4.69, 9.17) is 30.5 Å². The lowest BCUT2D eigenvalue weighted by Gasteiger charge is -2.27. The third-order valence-corrected chi connectivity index (χ3v) is 6.66. The molecule has 39 heavy (non-hydrogen) atoms. The average molecular weight is 554 g/mol. The van der Waals surface area contributed by atoms with Crippen molar-refractivity contribution in [1.29, 1.82) is 0 Å². The van der Waals surface area contributed by atoms with Gasteiger partial charge in [-0.2, -0.15) is 0 Å². The van der Waals surface area contributed by atoms with Gasteiger partial charge >= 0.3 is 0 Å². The normalized spacial score (nSPS) is 16.4. The van der Waals surface area contributed by atoms with Crippen LogP contribution in [-0.2, 0) is 9.59 Å². The van der Waals surface area contributed by atoms with Crippen molar-refractivity contribution in [2.45, 2.75) is 19.9 Å². The van der Waals surface area contributed by atoms with E-state index in [1.807, 2.05) is 6.92 Å². The van der Waals surface area contributed by atoms with Gasteiger partial charge in [0.25, 0.3) is 11.7 Å². The molecule has 1 aliphatic rings. The molecule has 1 saturated heterocycles. The number of aryl methyl sites for hydroxylation is 1. The van der Waals surface area contributed by atoms with Crippen molar-refractivity contribution in [3.63, 3.8) is 0 Å². The lowest BCUT2D eigenvalue weighted by atomic mass is 9.94. The van der Waals surface area contributed by atoms with Crippen molar-refractivity contribution in [3.05, 3.63) is 75.8 Å². The van der Waals surface area contributed by atoms with Crippen LogP contribution in [0.5, 0.6) is 28.7 Å². The first-order valence-electron chi connectivity index (χ1n) is 12.0. The van der Waals surface area contributed by atoms with Gasteiger partial charge in [-0.1, -0.05) is 23.7 Å². The van der Waals surface area contributed by atoms with Gasteiger partial charge in [-0.05, 0) is 55.3 Å². The number of aliphatic hydroxyl groups excluding tert-OH is 1. The molecule has 1 heterocycles. The molecular weight excluding hydrogens is 526 g/mol. The van der Waals surface area contributed by atoms with Crippen LogP contribution in [-0.4, -0.2) is 49.8 Å². The Bertz CT molecular complexity index is 1480. The number of anilines is 1. The minimum atomic E-state index is -1.15. The number of hydrogen-bond acceptors (Lipinski definition) is 8. The van der Waals surface area contributed by atoms with E-state index in [0.717, 1.165) is 10.5 Å². The Morgan fingerprint density at radius 1 is 0.923 bits per heavy atom. The van der Waals surface area contributed by atoms with E-state index in [2.05, 4.69) is 0 Å². The Morgan fingerprint density at radius 3 is 2.26 bits per heavy atom. The zero-order valence-electron chi connectivity index (χ0n) is 22.1. The average Bonchev–Trinajstić information content (AvgIpc) is 3.19. The number of amides is 1. The molecule has 0 bridgehead atoms. The van der Waals surface area contributed by atoms with Crippen molar-refractivity contribution in [1.82, 2.24) is 0 Å². The Balaban J connectivity index is 2.04. The summed E-state index contributed by atoms with van der Waals surface area (Å²) < 4.78 is 21.8. The van der Waals surface area contributed by atoms with E-state index in [1.165, 1.54) is 39.5 Å². The summed E-state index contributed by atoms with van der Waals surface area (Å²) in [6, 6.07) is 11.3. The summed E-state index contributed by atoms with van der Waals surface area (Å²) in [5.74, 6) is -1.33. The summed E-state index contributed by atoms with van der Waals surface area (Å²) >= 11 is 6.34. The van der Waals surface area contributed by atoms with Crippen LogP contribution in [0.3, 0.4) is 0 Å². The third kappa shape index (κ3) is 4.93. The molecule has 1 aliphatic heterocycles. The highest BCUT2D eigenvalue weighted by molar-refractivity contribution is 6.52. The predicted molar refractivity (Wildman–Crippen MR) is 146 cm³/mol. The summed E-state index contributed by atoms with van der Waals surface area (Å²) in [5, 5.41) is 22.5. The molecule has 1 atom stereocenters. The smallest absolute Gasteiger partial charge is 0.300 e. The molecule has 1 unspecified atom stereocenters. The molecule has 0 aliphatic carbocycles. The maximum absolute atomic E-state index is 13.6. The number of aromatic hydroxyl groups is 1. The number of methoxy groups -OCH3 is 3. The zero-order valence-corrected chi connectivity index (χ0v) is 22.8. The van der Waals surface area contributed by atoms with Gasteiger partial charge in [0, 0.05) is 6.07 Å². The predicted octanol–water partition coefficient (Wildman–Crippen LogP) is 5.40. The van der Waals surface area contributed by atoms with Crippen molar-refractivity contribution in [2.24, 2.45) is 0 Å². The summed E-state index contributed by atoms with van der Waals surface area (Å²) in [7, 11) is 4.31. The summed E-state index contributed by atoms with van der Waals surface area (Å²) in [5.41, 5.74) is 1.14. The first-order chi connectivity index (χ1) is 18.7. The Kier molecular flexibility index (Phi) is 7.92. The van der Waals surface area contributed by atoms with Gasteiger partial charge in [0.05, 0.1) is 55.8 Å². The number of nitrogens with zero attached hydrogens (tertiary/aromatic N) is 1. The third-order valence-electron chi connectivity index (χ3n) is 6.37. The van der Waals surface area contributed by atoms with E-state index in [-0.39, 0.29) is 33.3 Å². The van der Waals surface area contributed by atoms with Crippen molar-refractivity contribution in [2.75, 3.05) is 32.8 Å². The highest BCUT2D eigenvalue weighted by Gasteiger charge is 2.48. The van der Waals surface area contributed by atoms with Gasteiger partial charge in [-0.25, -0.2) is 0 Å². The maximum atomic E-state index is 13.6. The van der Waals surface area contributed by atoms with Gasteiger partial charge in [-0.3, -0.25) is 14.5 Å². The molecule has 0 aromatic heterocycles. The Labute approximate surface area is 230 Å². The summed E-state index contributed by atoms with van der Waals surface area (Å²) in [6.45, 7) is 3.93. The largest absolute Gasteiger partial charge is 0.507 e. The summed E-state index contributed by atoms with van der Waals surface area (Å²) in [4.78, 5) is 28.3. The molecule has 0 spiro atoms. The zero-order chi connectivity index (χ0) is 28.4. The first kappa shape index (κ1) is 27.7.